The Morgan fingerprint density at radius 2 is 2.07 bits per heavy atom. The molecule has 0 atom stereocenters. The van der Waals surface area contributed by atoms with E-state index in [1.165, 1.54) is 6.20 Å². The normalized spacial score (nSPS) is 11.1. The Morgan fingerprint density at radius 3 is 2.50 bits per heavy atom. The van der Waals surface area contributed by atoms with E-state index in [1.807, 2.05) is 20.8 Å². The first-order valence-electron chi connectivity index (χ1n) is 4.32. The van der Waals surface area contributed by atoms with Gasteiger partial charge in [-0.25, -0.2) is 4.98 Å². The largest absolute Gasteiger partial charge is 0.347 e. The van der Waals surface area contributed by atoms with E-state index in [2.05, 4.69) is 10.3 Å². The molecule has 0 saturated carbocycles. The summed E-state index contributed by atoms with van der Waals surface area (Å²) in [5, 5.41) is 3.22. The van der Waals surface area contributed by atoms with Crippen LogP contribution in [0.5, 0.6) is 0 Å². The fourth-order valence-electron chi connectivity index (χ4n) is 0.923. The van der Waals surface area contributed by atoms with Crippen molar-refractivity contribution in [3.05, 3.63) is 29.0 Å². The van der Waals surface area contributed by atoms with E-state index in [-0.39, 0.29) is 11.4 Å². The summed E-state index contributed by atoms with van der Waals surface area (Å²) in [5.74, 6) is -0.137. The molecule has 76 valence electrons. The van der Waals surface area contributed by atoms with Crippen LogP contribution in [0.1, 0.15) is 31.1 Å². The minimum absolute atomic E-state index is 0.137. The molecule has 1 amide bonds. The number of pyridine rings is 1. The van der Waals surface area contributed by atoms with E-state index in [1.54, 1.807) is 12.1 Å². The first-order valence-corrected chi connectivity index (χ1v) is 4.70. The summed E-state index contributed by atoms with van der Waals surface area (Å²) in [6.45, 7) is 5.77. The van der Waals surface area contributed by atoms with Gasteiger partial charge < -0.3 is 5.32 Å². The number of nitrogens with zero attached hydrogens (tertiary/aromatic N) is 1. The Hall–Kier alpha value is -1.09. The Labute approximate surface area is 88.5 Å². The standard InChI is InChI=1S/C10H13ClN2O/c1-10(2,3)13-9(14)7-4-5-8(11)12-6-7/h4-6H,1-3H3,(H,13,14). The molecular formula is C10H13ClN2O. The van der Waals surface area contributed by atoms with Gasteiger partial charge in [0.05, 0.1) is 5.56 Å². The van der Waals surface area contributed by atoms with Crippen LogP contribution < -0.4 is 5.32 Å². The summed E-state index contributed by atoms with van der Waals surface area (Å²) in [5.41, 5.74) is 0.279. The van der Waals surface area contributed by atoms with Crippen LogP contribution in [0.2, 0.25) is 5.15 Å². The van der Waals surface area contributed by atoms with Gasteiger partial charge in [0.1, 0.15) is 5.15 Å². The highest BCUT2D eigenvalue weighted by atomic mass is 35.5. The van der Waals surface area contributed by atoms with Gasteiger partial charge >= 0.3 is 0 Å². The Bertz CT molecular complexity index is 327. The number of aromatic nitrogens is 1. The van der Waals surface area contributed by atoms with E-state index in [0.717, 1.165) is 0 Å². The highest BCUT2D eigenvalue weighted by molar-refractivity contribution is 6.29. The fourth-order valence-corrected chi connectivity index (χ4v) is 1.03. The van der Waals surface area contributed by atoms with Crippen LogP contribution in [0.25, 0.3) is 0 Å². The minimum Gasteiger partial charge on any atom is -0.347 e. The number of hydrogen-bond acceptors (Lipinski definition) is 2. The first kappa shape index (κ1) is 11.0. The molecule has 14 heavy (non-hydrogen) atoms. The third kappa shape index (κ3) is 3.34. The number of halogens is 1. The molecule has 1 N–H and O–H groups in total. The van der Waals surface area contributed by atoms with E-state index < -0.39 is 0 Å². The molecule has 0 fully saturated rings. The van der Waals surface area contributed by atoms with Gasteiger partial charge in [-0.1, -0.05) is 11.6 Å². The van der Waals surface area contributed by atoms with E-state index in [4.69, 9.17) is 11.6 Å². The second-order valence-corrected chi connectivity index (χ2v) is 4.46. The maximum absolute atomic E-state index is 11.6. The van der Waals surface area contributed by atoms with Crippen LogP contribution in [-0.2, 0) is 0 Å². The second-order valence-electron chi connectivity index (χ2n) is 4.07. The van der Waals surface area contributed by atoms with Crippen molar-refractivity contribution in [2.24, 2.45) is 0 Å². The van der Waals surface area contributed by atoms with E-state index in [0.29, 0.717) is 10.7 Å². The average Bonchev–Trinajstić information content (AvgIpc) is 2.02. The molecule has 0 aliphatic rings. The van der Waals surface area contributed by atoms with Crippen molar-refractivity contribution in [3.8, 4) is 0 Å². The van der Waals surface area contributed by atoms with Gasteiger partial charge in [-0.3, -0.25) is 4.79 Å². The zero-order valence-electron chi connectivity index (χ0n) is 8.47. The molecule has 0 radical (unpaired) electrons. The van der Waals surface area contributed by atoms with Gasteiger partial charge in [-0.15, -0.1) is 0 Å². The third-order valence-corrected chi connectivity index (χ3v) is 1.70. The number of rotatable bonds is 1. The van der Waals surface area contributed by atoms with Crippen molar-refractivity contribution in [1.82, 2.24) is 10.3 Å². The molecule has 1 rings (SSSR count). The SMILES string of the molecule is CC(C)(C)NC(=O)c1ccc(Cl)nc1. The maximum Gasteiger partial charge on any atom is 0.253 e. The summed E-state index contributed by atoms with van der Waals surface area (Å²) in [4.78, 5) is 15.4. The molecule has 3 nitrogen and oxygen atoms in total. The van der Waals surface area contributed by atoms with Gasteiger partial charge in [-0.2, -0.15) is 0 Å². The smallest absolute Gasteiger partial charge is 0.253 e. The van der Waals surface area contributed by atoms with Crippen LogP contribution in [0, 0.1) is 0 Å². The Kier molecular flexibility index (Phi) is 3.11. The molecule has 0 aromatic carbocycles. The van der Waals surface area contributed by atoms with E-state index >= 15 is 0 Å². The van der Waals surface area contributed by atoms with Crippen LogP contribution >= 0.6 is 11.6 Å². The lowest BCUT2D eigenvalue weighted by molar-refractivity contribution is 0.0919. The van der Waals surface area contributed by atoms with Gasteiger partial charge in [-0.05, 0) is 32.9 Å². The molecular weight excluding hydrogens is 200 g/mol. The summed E-state index contributed by atoms with van der Waals surface area (Å²) in [6.07, 6.45) is 1.46. The molecule has 0 aliphatic heterocycles. The van der Waals surface area contributed by atoms with Gasteiger partial charge in [0.25, 0.3) is 5.91 Å². The number of hydrogen-bond donors (Lipinski definition) is 1. The number of carbonyl (C=O) groups is 1. The zero-order chi connectivity index (χ0) is 10.8. The fraction of sp³-hybridized carbons (Fsp3) is 0.400. The molecule has 0 bridgehead atoms. The van der Waals surface area contributed by atoms with Crippen molar-refractivity contribution in [1.29, 1.82) is 0 Å². The Morgan fingerprint density at radius 1 is 1.43 bits per heavy atom. The van der Waals surface area contributed by atoms with Gasteiger partial charge in [0, 0.05) is 11.7 Å². The molecule has 0 spiro atoms. The summed E-state index contributed by atoms with van der Waals surface area (Å²) >= 11 is 5.61. The predicted octanol–water partition coefficient (Wildman–Crippen LogP) is 2.26. The monoisotopic (exact) mass is 212 g/mol. The zero-order valence-corrected chi connectivity index (χ0v) is 9.22. The molecule has 0 saturated heterocycles. The van der Waals surface area contributed by atoms with Crippen molar-refractivity contribution >= 4 is 17.5 Å². The molecule has 1 aromatic rings. The number of carbonyl (C=O) groups excluding carboxylic acids is 1. The van der Waals surface area contributed by atoms with Crippen molar-refractivity contribution in [3.63, 3.8) is 0 Å². The summed E-state index contributed by atoms with van der Waals surface area (Å²) < 4.78 is 0. The first-order chi connectivity index (χ1) is 6.38. The molecule has 0 unspecified atom stereocenters. The summed E-state index contributed by atoms with van der Waals surface area (Å²) in [7, 11) is 0. The van der Waals surface area contributed by atoms with E-state index in [9.17, 15) is 4.79 Å². The van der Waals surface area contributed by atoms with Gasteiger partial charge in [0.2, 0.25) is 0 Å². The number of amides is 1. The van der Waals surface area contributed by atoms with Crippen LogP contribution in [0.4, 0.5) is 0 Å². The van der Waals surface area contributed by atoms with Crippen LogP contribution in [-0.4, -0.2) is 16.4 Å². The lowest BCUT2D eigenvalue weighted by atomic mass is 10.1. The lowest BCUT2D eigenvalue weighted by Gasteiger charge is -2.20. The molecule has 1 aromatic heterocycles. The third-order valence-electron chi connectivity index (χ3n) is 1.48. The summed E-state index contributed by atoms with van der Waals surface area (Å²) in [6, 6.07) is 3.25. The highest BCUT2D eigenvalue weighted by Gasteiger charge is 2.15. The predicted molar refractivity (Wildman–Crippen MR) is 56.5 cm³/mol. The molecule has 4 heteroatoms. The van der Waals surface area contributed by atoms with Crippen LogP contribution in [0.3, 0.4) is 0 Å². The quantitative estimate of drug-likeness (QED) is 0.726. The van der Waals surface area contributed by atoms with Crippen LogP contribution in [0.15, 0.2) is 18.3 Å². The second kappa shape index (κ2) is 3.96. The Balaban J connectivity index is 2.76. The highest BCUT2D eigenvalue weighted by Crippen LogP contribution is 2.07. The minimum atomic E-state index is -0.239. The van der Waals surface area contributed by atoms with Gasteiger partial charge in [0.15, 0.2) is 0 Å². The van der Waals surface area contributed by atoms with Crippen molar-refractivity contribution in [2.75, 3.05) is 0 Å². The van der Waals surface area contributed by atoms with Crippen molar-refractivity contribution < 1.29 is 4.79 Å². The topological polar surface area (TPSA) is 42.0 Å². The average molecular weight is 213 g/mol. The molecule has 0 aliphatic carbocycles. The molecule has 1 heterocycles. The number of nitrogens with one attached hydrogen (secondary N) is 1. The van der Waals surface area contributed by atoms with Crippen molar-refractivity contribution in [2.45, 2.75) is 26.3 Å². The maximum atomic E-state index is 11.6. The lowest BCUT2D eigenvalue weighted by Crippen LogP contribution is -2.40.